The summed E-state index contributed by atoms with van der Waals surface area (Å²) in [6.45, 7) is 12.4. The molecule has 0 aromatic heterocycles. The molecule has 0 radical (unpaired) electrons. The van der Waals surface area contributed by atoms with Crippen LogP contribution in [0.1, 0.15) is 51.9 Å². The molecule has 10 nitrogen and oxygen atoms in total. The number of carbonyl (C=O) groups excluding carboxylic acids is 3. The zero-order chi connectivity index (χ0) is 26.3. The van der Waals surface area contributed by atoms with E-state index >= 15 is 0 Å². The molecule has 1 aromatic carbocycles. The van der Waals surface area contributed by atoms with Gasteiger partial charge in [0.05, 0.1) is 17.7 Å². The van der Waals surface area contributed by atoms with E-state index in [0.717, 1.165) is 0 Å². The van der Waals surface area contributed by atoms with Gasteiger partial charge in [-0.25, -0.2) is 9.59 Å². The summed E-state index contributed by atoms with van der Waals surface area (Å²) in [6.07, 6.45) is -0.269. The van der Waals surface area contributed by atoms with Crippen molar-refractivity contribution in [3.05, 3.63) is 23.8 Å². The van der Waals surface area contributed by atoms with E-state index in [1.807, 2.05) is 41.5 Å². The zero-order valence-corrected chi connectivity index (χ0v) is 22.2. The number of benzene rings is 1. The van der Waals surface area contributed by atoms with Crippen molar-refractivity contribution in [3.63, 3.8) is 0 Å². The SMILES string of the molecule is CO[C@@H]1CN(C)C(=O)c2ccc(NC(=O)NC(C)C)cc2OC[C@@H](C)N(C(=O)NC(C)C)C[C@H]1C. The Morgan fingerprint density at radius 1 is 1.09 bits per heavy atom. The summed E-state index contributed by atoms with van der Waals surface area (Å²) in [5.74, 6) is 0.0958. The molecule has 0 aliphatic carbocycles. The Kier molecular flexibility index (Phi) is 10.2. The molecule has 5 amide bonds. The van der Waals surface area contributed by atoms with E-state index in [1.165, 1.54) is 0 Å². The van der Waals surface area contributed by atoms with Gasteiger partial charge in [0.15, 0.2) is 0 Å². The van der Waals surface area contributed by atoms with Gasteiger partial charge >= 0.3 is 12.1 Å². The lowest BCUT2D eigenvalue weighted by molar-refractivity contribution is 0.0165. The maximum absolute atomic E-state index is 13.3. The lowest BCUT2D eigenvalue weighted by Gasteiger charge is -2.36. The molecule has 196 valence electrons. The predicted molar refractivity (Wildman–Crippen MR) is 136 cm³/mol. The Labute approximate surface area is 208 Å². The number of rotatable bonds is 4. The summed E-state index contributed by atoms with van der Waals surface area (Å²) >= 11 is 0. The van der Waals surface area contributed by atoms with Crippen molar-refractivity contribution >= 4 is 23.7 Å². The average molecular weight is 492 g/mol. The Balaban J connectivity index is 2.42. The van der Waals surface area contributed by atoms with Gasteiger partial charge in [-0.2, -0.15) is 0 Å². The van der Waals surface area contributed by atoms with Crippen LogP contribution < -0.4 is 20.7 Å². The summed E-state index contributed by atoms with van der Waals surface area (Å²) in [5, 5.41) is 8.50. The topological polar surface area (TPSA) is 112 Å². The van der Waals surface area contributed by atoms with Crippen LogP contribution in [-0.2, 0) is 4.74 Å². The molecule has 1 aliphatic heterocycles. The van der Waals surface area contributed by atoms with Gasteiger partial charge in [0.1, 0.15) is 12.4 Å². The average Bonchev–Trinajstić information content (AvgIpc) is 2.76. The molecule has 3 atom stereocenters. The molecule has 3 N–H and O–H groups in total. The van der Waals surface area contributed by atoms with Gasteiger partial charge in [-0.1, -0.05) is 6.92 Å². The number of anilines is 1. The Bertz CT molecular complexity index is 891. The number of ether oxygens (including phenoxy) is 2. The molecule has 0 unspecified atom stereocenters. The van der Waals surface area contributed by atoms with Crippen molar-refractivity contribution in [2.45, 2.75) is 65.8 Å². The van der Waals surface area contributed by atoms with Crippen molar-refractivity contribution in [2.24, 2.45) is 5.92 Å². The van der Waals surface area contributed by atoms with Gasteiger partial charge in [-0.05, 0) is 46.8 Å². The van der Waals surface area contributed by atoms with Crippen LogP contribution in [0.5, 0.6) is 5.75 Å². The number of hydrogen-bond donors (Lipinski definition) is 3. The van der Waals surface area contributed by atoms with E-state index in [4.69, 9.17) is 9.47 Å². The first-order valence-corrected chi connectivity index (χ1v) is 12.1. The van der Waals surface area contributed by atoms with E-state index in [1.54, 1.807) is 42.2 Å². The molecule has 1 aliphatic rings. The first kappa shape index (κ1) is 28.2. The van der Waals surface area contributed by atoms with Crippen LogP contribution in [0.3, 0.4) is 0 Å². The molecule has 1 heterocycles. The largest absolute Gasteiger partial charge is 0.491 e. The highest BCUT2D eigenvalue weighted by molar-refractivity contribution is 5.98. The van der Waals surface area contributed by atoms with E-state index < -0.39 is 0 Å². The fourth-order valence-corrected chi connectivity index (χ4v) is 3.89. The van der Waals surface area contributed by atoms with Gasteiger partial charge in [0.2, 0.25) is 0 Å². The lowest BCUT2D eigenvalue weighted by Crippen LogP contribution is -2.52. The number of nitrogens with one attached hydrogen (secondary N) is 3. The number of methoxy groups -OCH3 is 1. The molecule has 35 heavy (non-hydrogen) atoms. The molecule has 0 saturated carbocycles. The third-order valence-electron chi connectivity index (χ3n) is 5.80. The van der Waals surface area contributed by atoms with Gasteiger partial charge in [0.25, 0.3) is 5.91 Å². The van der Waals surface area contributed by atoms with Crippen LogP contribution in [0.2, 0.25) is 0 Å². The highest BCUT2D eigenvalue weighted by Gasteiger charge is 2.30. The molecule has 0 bridgehead atoms. The molecule has 0 saturated heterocycles. The highest BCUT2D eigenvalue weighted by atomic mass is 16.5. The van der Waals surface area contributed by atoms with E-state index in [0.29, 0.717) is 30.1 Å². The minimum absolute atomic E-state index is 0.0133. The van der Waals surface area contributed by atoms with Gasteiger partial charge in [-0.3, -0.25) is 4.79 Å². The maximum Gasteiger partial charge on any atom is 0.319 e. The van der Waals surface area contributed by atoms with E-state index in [-0.39, 0.29) is 54.7 Å². The number of nitrogens with zero attached hydrogens (tertiary/aromatic N) is 2. The van der Waals surface area contributed by atoms with Crippen LogP contribution in [0.4, 0.5) is 15.3 Å². The summed E-state index contributed by atoms with van der Waals surface area (Å²) < 4.78 is 11.8. The Morgan fingerprint density at radius 3 is 2.34 bits per heavy atom. The monoisotopic (exact) mass is 491 g/mol. The molecule has 0 fully saturated rings. The summed E-state index contributed by atoms with van der Waals surface area (Å²) in [6, 6.07) is 4.10. The Hall–Kier alpha value is -3.01. The maximum atomic E-state index is 13.3. The number of urea groups is 2. The van der Waals surface area contributed by atoms with Gasteiger partial charge in [0, 0.05) is 57.0 Å². The highest BCUT2D eigenvalue weighted by Crippen LogP contribution is 2.27. The minimum atomic E-state index is -0.349. The third kappa shape index (κ3) is 8.02. The Morgan fingerprint density at radius 2 is 1.74 bits per heavy atom. The zero-order valence-electron chi connectivity index (χ0n) is 22.2. The normalized spacial score (nSPS) is 21.5. The number of fused-ring (bicyclic) bond motifs is 1. The quantitative estimate of drug-likeness (QED) is 0.599. The third-order valence-corrected chi connectivity index (χ3v) is 5.80. The fourth-order valence-electron chi connectivity index (χ4n) is 3.89. The molecule has 2 rings (SSSR count). The van der Waals surface area contributed by atoms with Crippen molar-refractivity contribution in [2.75, 3.05) is 39.2 Å². The summed E-state index contributed by atoms with van der Waals surface area (Å²) in [7, 11) is 3.33. The fraction of sp³-hybridized carbons (Fsp3) is 0.640. The second-order valence-corrected chi connectivity index (χ2v) is 9.82. The van der Waals surface area contributed by atoms with Crippen LogP contribution in [0, 0.1) is 5.92 Å². The van der Waals surface area contributed by atoms with Gasteiger partial charge < -0.3 is 35.2 Å². The van der Waals surface area contributed by atoms with Crippen LogP contribution in [0.15, 0.2) is 18.2 Å². The first-order chi connectivity index (χ1) is 16.4. The number of likely N-dealkylation sites (N-methyl/N-ethyl adjacent to an activating group) is 1. The van der Waals surface area contributed by atoms with Crippen LogP contribution in [-0.4, -0.2) is 85.9 Å². The number of carbonyl (C=O) groups is 3. The van der Waals surface area contributed by atoms with Crippen LogP contribution in [0.25, 0.3) is 0 Å². The molecule has 10 heteroatoms. The molecular weight excluding hydrogens is 450 g/mol. The van der Waals surface area contributed by atoms with Crippen LogP contribution >= 0.6 is 0 Å². The minimum Gasteiger partial charge on any atom is -0.491 e. The van der Waals surface area contributed by atoms with Crippen molar-refractivity contribution in [1.29, 1.82) is 0 Å². The predicted octanol–water partition coefficient (Wildman–Crippen LogP) is 3.14. The molecule has 1 aromatic rings. The second kappa shape index (κ2) is 12.6. The van der Waals surface area contributed by atoms with Crippen molar-refractivity contribution < 1.29 is 23.9 Å². The van der Waals surface area contributed by atoms with E-state index in [2.05, 4.69) is 16.0 Å². The summed E-state index contributed by atoms with van der Waals surface area (Å²) in [5.41, 5.74) is 0.866. The van der Waals surface area contributed by atoms with Gasteiger partial charge in [-0.15, -0.1) is 0 Å². The molecule has 0 spiro atoms. The lowest BCUT2D eigenvalue weighted by atomic mass is 10.0. The smallest absolute Gasteiger partial charge is 0.319 e. The first-order valence-electron chi connectivity index (χ1n) is 12.1. The second-order valence-electron chi connectivity index (χ2n) is 9.82. The standard InChI is InChI=1S/C25H41N5O5/c1-15(2)26-24(32)28-19-9-10-20-21(11-19)35-14-18(6)30(25(33)27-16(3)4)12-17(5)22(34-8)13-29(7)23(20)31/h9-11,15-18,22H,12-14H2,1-8H3,(H,27,33)(H2,26,28,32)/t17-,18-,22-/m1/s1. The van der Waals surface area contributed by atoms with Crippen molar-refractivity contribution in [1.82, 2.24) is 20.4 Å². The number of hydrogen-bond acceptors (Lipinski definition) is 5. The summed E-state index contributed by atoms with van der Waals surface area (Å²) in [4.78, 5) is 41.8. The van der Waals surface area contributed by atoms with E-state index in [9.17, 15) is 14.4 Å². The number of amides is 5. The molecular formula is C25H41N5O5. The van der Waals surface area contributed by atoms with Crippen molar-refractivity contribution in [3.8, 4) is 5.75 Å².